The second kappa shape index (κ2) is 5.26. The van der Waals surface area contributed by atoms with Crippen molar-refractivity contribution >= 4 is 0 Å². The molecule has 0 saturated carbocycles. The number of rotatable bonds is 3. The maximum absolute atomic E-state index is 12.9. The molecule has 1 aromatic rings. The Kier molecular flexibility index (Phi) is 3.73. The first-order valence-electron chi connectivity index (χ1n) is 5.91. The number of quaternary nitrogens is 1. The van der Waals surface area contributed by atoms with E-state index in [9.17, 15) is 4.39 Å². The third-order valence-electron chi connectivity index (χ3n) is 3.29. The molecule has 2 heteroatoms. The van der Waals surface area contributed by atoms with Gasteiger partial charge in [0.1, 0.15) is 5.82 Å². The van der Waals surface area contributed by atoms with Crippen LogP contribution in [-0.4, -0.2) is 13.1 Å². The summed E-state index contributed by atoms with van der Waals surface area (Å²) < 4.78 is 12.9. The normalized spacial score (nSPS) is 17.9. The summed E-state index contributed by atoms with van der Waals surface area (Å²) in [6.07, 6.45) is 4.91. The van der Waals surface area contributed by atoms with E-state index in [1.807, 2.05) is 6.07 Å². The molecule has 82 valence electrons. The molecule has 0 radical (unpaired) electrons. The van der Waals surface area contributed by atoms with Gasteiger partial charge in [0, 0.05) is 0 Å². The van der Waals surface area contributed by atoms with Crippen LogP contribution >= 0.6 is 0 Å². The van der Waals surface area contributed by atoms with E-state index in [0.29, 0.717) is 0 Å². The highest BCUT2D eigenvalue weighted by Gasteiger charge is 2.14. The van der Waals surface area contributed by atoms with E-state index in [0.717, 1.165) is 17.9 Å². The minimum Gasteiger partial charge on any atom is -0.346 e. The molecule has 0 aliphatic carbocycles. The maximum atomic E-state index is 12.9. The van der Waals surface area contributed by atoms with E-state index in [1.165, 1.54) is 38.4 Å². The van der Waals surface area contributed by atoms with Crippen molar-refractivity contribution in [2.24, 2.45) is 5.92 Å². The lowest BCUT2D eigenvalue weighted by atomic mass is 9.91. The molecule has 0 unspecified atom stereocenters. The van der Waals surface area contributed by atoms with Gasteiger partial charge in [0.25, 0.3) is 0 Å². The summed E-state index contributed by atoms with van der Waals surface area (Å²) in [6.45, 7) is 2.54. The lowest BCUT2D eigenvalue weighted by Crippen LogP contribution is -2.86. The monoisotopic (exact) mass is 208 g/mol. The van der Waals surface area contributed by atoms with Gasteiger partial charge in [-0.05, 0) is 49.3 Å². The number of hydrogen-bond donors (Lipinski definition) is 1. The average Bonchev–Trinajstić information content (AvgIpc) is 2.28. The van der Waals surface area contributed by atoms with Crippen molar-refractivity contribution in [2.45, 2.75) is 25.7 Å². The molecule has 0 spiro atoms. The lowest BCUT2D eigenvalue weighted by molar-refractivity contribution is -0.664. The zero-order valence-corrected chi connectivity index (χ0v) is 9.08. The second-order valence-corrected chi connectivity index (χ2v) is 4.48. The number of hydrogen-bond acceptors (Lipinski definition) is 0. The maximum Gasteiger partial charge on any atom is 0.123 e. The molecule has 0 atom stereocenters. The van der Waals surface area contributed by atoms with Crippen molar-refractivity contribution < 1.29 is 9.71 Å². The number of benzene rings is 1. The molecule has 1 aliphatic heterocycles. The van der Waals surface area contributed by atoms with Gasteiger partial charge in [-0.15, -0.1) is 0 Å². The SMILES string of the molecule is Fc1cccc(CCC2CC[NH2+]CC2)c1. The van der Waals surface area contributed by atoms with Crippen LogP contribution in [0.3, 0.4) is 0 Å². The highest BCUT2D eigenvalue weighted by molar-refractivity contribution is 5.16. The van der Waals surface area contributed by atoms with Gasteiger partial charge >= 0.3 is 0 Å². The van der Waals surface area contributed by atoms with Crippen molar-refractivity contribution in [3.63, 3.8) is 0 Å². The van der Waals surface area contributed by atoms with E-state index in [-0.39, 0.29) is 5.82 Å². The summed E-state index contributed by atoms with van der Waals surface area (Å²) in [4.78, 5) is 0. The zero-order chi connectivity index (χ0) is 10.5. The molecule has 0 amide bonds. The minimum atomic E-state index is -0.107. The number of piperidine rings is 1. The molecule has 1 saturated heterocycles. The van der Waals surface area contributed by atoms with Crippen LogP contribution in [-0.2, 0) is 6.42 Å². The Hall–Kier alpha value is -0.890. The van der Waals surface area contributed by atoms with Gasteiger partial charge in [-0.25, -0.2) is 4.39 Å². The summed E-state index contributed by atoms with van der Waals surface area (Å²) in [5.74, 6) is 0.753. The predicted octanol–water partition coefficient (Wildman–Crippen LogP) is 1.73. The van der Waals surface area contributed by atoms with Crippen LogP contribution < -0.4 is 5.32 Å². The number of halogens is 1. The first kappa shape index (κ1) is 10.6. The van der Waals surface area contributed by atoms with Gasteiger partial charge in [-0.1, -0.05) is 12.1 Å². The van der Waals surface area contributed by atoms with E-state index in [2.05, 4.69) is 5.32 Å². The Bertz CT molecular complexity index is 305. The Morgan fingerprint density at radius 3 is 2.80 bits per heavy atom. The molecule has 15 heavy (non-hydrogen) atoms. The standard InChI is InChI=1S/C13H18FN/c14-13-3-1-2-12(10-13)5-4-11-6-8-15-9-7-11/h1-3,10-11,15H,4-9H2/p+1. The Morgan fingerprint density at radius 1 is 1.27 bits per heavy atom. The van der Waals surface area contributed by atoms with Gasteiger partial charge in [-0.3, -0.25) is 0 Å². The molecule has 0 aromatic heterocycles. The number of aryl methyl sites for hydroxylation is 1. The fourth-order valence-corrected chi connectivity index (χ4v) is 2.35. The highest BCUT2D eigenvalue weighted by atomic mass is 19.1. The van der Waals surface area contributed by atoms with Gasteiger partial charge in [0.2, 0.25) is 0 Å². The molecule has 1 fully saturated rings. The molecule has 0 bridgehead atoms. The third kappa shape index (κ3) is 3.31. The summed E-state index contributed by atoms with van der Waals surface area (Å²) in [5.41, 5.74) is 1.14. The van der Waals surface area contributed by atoms with Gasteiger partial charge in [0.15, 0.2) is 0 Å². The van der Waals surface area contributed by atoms with Crippen molar-refractivity contribution in [1.82, 2.24) is 0 Å². The Morgan fingerprint density at radius 2 is 2.07 bits per heavy atom. The van der Waals surface area contributed by atoms with Crippen LogP contribution in [0.2, 0.25) is 0 Å². The number of nitrogens with two attached hydrogens (primary N) is 1. The average molecular weight is 208 g/mol. The largest absolute Gasteiger partial charge is 0.346 e. The summed E-state index contributed by atoms with van der Waals surface area (Å²) in [6, 6.07) is 7.01. The van der Waals surface area contributed by atoms with Crippen LogP contribution in [0.4, 0.5) is 4.39 Å². The van der Waals surface area contributed by atoms with Crippen LogP contribution in [0, 0.1) is 11.7 Å². The molecular weight excluding hydrogens is 189 g/mol. The summed E-state index contributed by atoms with van der Waals surface area (Å²) in [5, 5.41) is 2.39. The van der Waals surface area contributed by atoms with Crippen LogP contribution in [0.1, 0.15) is 24.8 Å². The van der Waals surface area contributed by atoms with Gasteiger partial charge in [0.05, 0.1) is 13.1 Å². The lowest BCUT2D eigenvalue weighted by Gasteiger charge is -2.19. The predicted molar refractivity (Wildman–Crippen MR) is 59.1 cm³/mol. The first-order chi connectivity index (χ1) is 7.34. The molecule has 2 rings (SSSR count). The molecule has 1 nitrogen and oxygen atoms in total. The molecular formula is C13H19FN+. The van der Waals surface area contributed by atoms with Crippen LogP contribution in [0.25, 0.3) is 0 Å². The van der Waals surface area contributed by atoms with Crippen molar-refractivity contribution in [1.29, 1.82) is 0 Å². The third-order valence-corrected chi connectivity index (χ3v) is 3.29. The van der Waals surface area contributed by atoms with Crippen LogP contribution in [0.15, 0.2) is 24.3 Å². The van der Waals surface area contributed by atoms with E-state index in [4.69, 9.17) is 0 Å². The molecule has 1 heterocycles. The summed E-state index contributed by atoms with van der Waals surface area (Å²) in [7, 11) is 0. The summed E-state index contributed by atoms with van der Waals surface area (Å²) >= 11 is 0. The molecule has 1 aromatic carbocycles. The fourth-order valence-electron chi connectivity index (χ4n) is 2.35. The van der Waals surface area contributed by atoms with E-state index in [1.54, 1.807) is 12.1 Å². The smallest absolute Gasteiger partial charge is 0.123 e. The van der Waals surface area contributed by atoms with Gasteiger partial charge < -0.3 is 5.32 Å². The fraction of sp³-hybridized carbons (Fsp3) is 0.538. The van der Waals surface area contributed by atoms with E-state index < -0.39 is 0 Å². The first-order valence-corrected chi connectivity index (χ1v) is 5.91. The van der Waals surface area contributed by atoms with Crippen molar-refractivity contribution in [3.05, 3.63) is 35.6 Å². The molecule has 1 aliphatic rings. The highest BCUT2D eigenvalue weighted by Crippen LogP contribution is 2.17. The molecule has 2 N–H and O–H groups in total. The minimum absolute atomic E-state index is 0.107. The van der Waals surface area contributed by atoms with Crippen molar-refractivity contribution in [2.75, 3.05) is 13.1 Å². The van der Waals surface area contributed by atoms with E-state index >= 15 is 0 Å². The van der Waals surface area contributed by atoms with Gasteiger partial charge in [-0.2, -0.15) is 0 Å². The Labute approximate surface area is 90.7 Å². The van der Waals surface area contributed by atoms with Crippen molar-refractivity contribution in [3.8, 4) is 0 Å². The topological polar surface area (TPSA) is 16.6 Å². The Balaban J connectivity index is 1.81. The zero-order valence-electron chi connectivity index (χ0n) is 9.08. The van der Waals surface area contributed by atoms with Crippen LogP contribution in [0.5, 0.6) is 0 Å². The quantitative estimate of drug-likeness (QED) is 0.779. The second-order valence-electron chi connectivity index (χ2n) is 4.48.